The summed E-state index contributed by atoms with van der Waals surface area (Å²) in [6.07, 6.45) is 1.88. The van der Waals surface area contributed by atoms with E-state index in [0.29, 0.717) is 30.4 Å². The third-order valence-electron chi connectivity index (χ3n) is 4.04. The highest BCUT2D eigenvalue weighted by Gasteiger charge is 2.12. The zero-order valence-corrected chi connectivity index (χ0v) is 14.3. The van der Waals surface area contributed by atoms with Crippen LogP contribution in [0.2, 0.25) is 0 Å². The molecule has 0 saturated heterocycles. The van der Waals surface area contributed by atoms with Crippen molar-refractivity contribution in [1.29, 1.82) is 0 Å². The molecule has 2 aromatic heterocycles. The summed E-state index contributed by atoms with van der Waals surface area (Å²) in [4.78, 5) is 6.54. The van der Waals surface area contributed by atoms with Gasteiger partial charge in [-0.1, -0.05) is 24.3 Å². The van der Waals surface area contributed by atoms with Gasteiger partial charge in [-0.05, 0) is 42.9 Å². The average molecular weight is 348 g/mol. The molecule has 0 aliphatic heterocycles. The van der Waals surface area contributed by atoms with Crippen molar-refractivity contribution in [2.24, 2.45) is 0 Å². The van der Waals surface area contributed by atoms with Gasteiger partial charge in [-0.3, -0.25) is 9.88 Å². The van der Waals surface area contributed by atoms with Crippen molar-refractivity contribution in [1.82, 2.24) is 20.1 Å². The van der Waals surface area contributed by atoms with Crippen LogP contribution in [0.4, 0.5) is 4.39 Å². The molecule has 2 heterocycles. The van der Waals surface area contributed by atoms with Crippen LogP contribution in [0, 0.1) is 5.82 Å². The maximum Gasteiger partial charge on any atom is 0.247 e. The lowest BCUT2D eigenvalue weighted by atomic mass is 10.1. The summed E-state index contributed by atoms with van der Waals surface area (Å²) in [6.45, 7) is 1.20. The van der Waals surface area contributed by atoms with Gasteiger partial charge in [0.05, 0.1) is 12.1 Å². The number of hydrogen-bond donors (Lipinski definition) is 0. The summed E-state index contributed by atoms with van der Waals surface area (Å²) < 4.78 is 19.0. The first-order chi connectivity index (χ1) is 12.7. The number of nitrogens with zero attached hydrogens (tertiary/aromatic N) is 4. The highest BCUT2D eigenvalue weighted by atomic mass is 19.1. The van der Waals surface area contributed by atoms with Crippen LogP contribution in [0.5, 0.6) is 0 Å². The Balaban J connectivity index is 1.45. The Morgan fingerprint density at radius 2 is 1.88 bits per heavy atom. The Morgan fingerprint density at radius 1 is 1.00 bits per heavy atom. The maximum absolute atomic E-state index is 13.3. The van der Waals surface area contributed by atoms with Crippen LogP contribution in [0.25, 0.3) is 22.4 Å². The molecule has 0 saturated carbocycles. The van der Waals surface area contributed by atoms with Crippen molar-refractivity contribution in [2.75, 3.05) is 7.05 Å². The fraction of sp³-hybridized carbons (Fsp3) is 0.150. The van der Waals surface area contributed by atoms with Gasteiger partial charge in [-0.25, -0.2) is 4.39 Å². The number of fused-ring (bicyclic) bond motifs is 1. The van der Waals surface area contributed by atoms with Crippen molar-refractivity contribution in [3.05, 3.63) is 78.1 Å². The molecule has 0 aliphatic carbocycles. The lowest BCUT2D eigenvalue weighted by Gasteiger charge is -2.14. The second-order valence-electron chi connectivity index (χ2n) is 6.22. The summed E-state index contributed by atoms with van der Waals surface area (Å²) in [7, 11) is 1.97. The van der Waals surface area contributed by atoms with Crippen LogP contribution in [-0.2, 0) is 13.1 Å². The van der Waals surface area contributed by atoms with E-state index in [0.717, 1.165) is 16.5 Å². The lowest BCUT2D eigenvalue weighted by molar-refractivity contribution is 0.282. The summed E-state index contributed by atoms with van der Waals surface area (Å²) >= 11 is 0. The lowest BCUT2D eigenvalue weighted by Crippen LogP contribution is -2.17. The second kappa shape index (κ2) is 7.01. The molecule has 26 heavy (non-hydrogen) atoms. The van der Waals surface area contributed by atoms with Crippen molar-refractivity contribution >= 4 is 10.9 Å². The quantitative estimate of drug-likeness (QED) is 0.544. The number of hydrogen-bond acceptors (Lipinski definition) is 5. The Labute approximate surface area is 150 Å². The van der Waals surface area contributed by atoms with Gasteiger partial charge >= 0.3 is 0 Å². The molecule has 4 rings (SSSR count). The Kier molecular flexibility index (Phi) is 4.41. The molecule has 0 radical (unpaired) electrons. The van der Waals surface area contributed by atoms with Crippen molar-refractivity contribution in [3.8, 4) is 11.5 Å². The molecule has 0 N–H and O–H groups in total. The van der Waals surface area contributed by atoms with E-state index in [-0.39, 0.29) is 5.82 Å². The van der Waals surface area contributed by atoms with Gasteiger partial charge in [0.2, 0.25) is 11.8 Å². The van der Waals surface area contributed by atoms with Gasteiger partial charge in [0.25, 0.3) is 0 Å². The predicted molar refractivity (Wildman–Crippen MR) is 96.6 cm³/mol. The highest BCUT2D eigenvalue weighted by Crippen LogP contribution is 2.19. The van der Waals surface area contributed by atoms with E-state index < -0.39 is 0 Å². The number of pyridine rings is 1. The third-order valence-corrected chi connectivity index (χ3v) is 4.04. The van der Waals surface area contributed by atoms with Crippen LogP contribution in [0.3, 0.4) is 0 Å². The highest BCUT2D eigenvalue weighted by molar-refractivity contribution is 5.78. The Hall–Kier alpha value is -3.12. The average Bonchev–Trinajstić information content (AvgIpc) is 3.10. The monoisotopic (exact) mass is 348 g/mol. The number of rotatable bonds is 5. The topological polar surface area (TPSA) is 55.1 Å². The fourth-order valence-electron chi connectivity index (χ4n) is 2.86. The van der Waals surface area contributed by atoms with E-state index in [1.165, 1.54) is 12.1 Å². The minimum absolute atomic E-state index is 0.320. The SMILES string of the molecule is CN(Cc1cnc2ccccc2c1)Cc1nnc(-c2cccc(F)c2)o1. The zero-order valence-electron chi connectivity index (χ0n) is 14.3. The first-order valence-corrected chi connectivity index (χ1v) is 8.28. The fourth-order valence-corrected chi connectivity index (χ4v) is 2.86. The molecule has 0 fully saturated rings. The Bertz CT molecular complexity index is 1050. The predicted octanol–water partition coefficient (Wildman–Crippen LogP) is 4.06. The summed E-state index contributed by atoms with van der Waals surface area (Å²) in [5.74, 6) is 0.476. The van der Waals surface area contributed by atoms with Crippen LogP contribution < -0.4 is 0 Å². The third kappa shape index (κ3) is 3.60. The number of para-hydroxylation sites is 1. The van der Waals surface area contributed by atoms with Gasteiger partial charge < -0.3 is 4.42 Å². The number of benzene rings is 2. The molecule has 5 nitrogen and oxygen atoms in total. The molecular weight excluding hydrogens is 331 g/mol. The van der Waals surface area contributed by atoms with E-state index >= 15 is 0 Å². The smallest absolute Gasteiger partial charge is 0.247 e. The normalized spacial score (nSPS) is 11.3. The van der Waals surface area contributed by atoms with Gasteiger partial charge in [-0.15, -0.1) is 10.2 Å². The van der Waals surface area contributed by atoms with Gasteiger partial charge in [-0.2, -0.15) is 0 Å². The second-order valence-corrected chi connectivity index (χ2v) is 6.22. The summed E-state index contributed by atoms with van der Waals surface area (Å²) in [6, 6.07) is 16.3. The molecule has 0 unspecified atom stereocenters. The largest absolute Gasteiger partial charge is 0.419 e. The van der Waals surface area contributed by atoms with E-state index in [2.05, 4.69) is 32.2 Å². The minimum Gasteiger partial charge on any atom is -0.419 e. The van der Waals surface area contributed by atoms with Gasteiger partial charge in [0.15, 0.2) is 0 Å². The standard InChI is InChI=1S/C20H17FN4O/c1-25(12-14-9-15-5-2-3-8-18(15)22-11-14)13-19-23-24-20(26-19)16-6-4-7-17(21)10-16/h2-11H,12-13H2,1H3. The molecule has 0 aliphatic rings. The first kappa shape index (κ1) is 16.4. The molecule has 0 amide bonds. The summed E-state index contributed by atoms with van der Waals surface area (Å²) in [5.41, 5.74) is 2.66. The molecule has 0 spiro atoms. The maximum atomic E-state index is 13.3. The van der Waals surface area contributed by atoms with Crippen LogP contribution >= 0.6 is 0 Å². The molecule has 0 atom stereocenters. The van der Waals surface area contributed by atoms with E-state index in [9.17, 15) is 4.39 Å². The molecule has 0 bridgehead atoms. The summed E-state index contributed by atoms with van der Waals surface area (Å²) in [5, 5.41) is 9.18. The van der Waals surface area contributed by atoms with Gasteiger partial charge in [0.1, 0.15) is 5.82 Å². The Morgan fingerprint density at radius 3 is 2.77 bits per heavy atom. The molecule has 2 aromatic carbocycles. The first-order valence-electron chi connectivity index (χ1n) is 8.28. The number of aromatic nitrogens is 3. The molecule has 130 valence electrons. The van der Waals surface area contributed by atoms with Crippen LogP contribution in [0.15, 0.2) is 65.2 Å². The van der Waals surface area contributed by atoms with Crippen LogP contribution in [0.1, 0.15) is 11.5 Å². The zero-order chi connectivity index (χ0) is 17.9. The van der Waals surface area contributed by atoms with E-state index in [1.807, 2.05) is 31.4 Å². The van der Waals surface area contributed by atoms with Crippen molar-refractivity contribution < 1.29 is 8.81 Å². The molecule has 4 aromatic rings. The van der Waals surface area contributed by atoms with Gasteiger partial charge in [0, 0.05) is 23.7 Å². The molecular formula is C20H17FN4O. The van der Waals surface area contributed by atoms with Crippen molar-refractivity contribution in [2.45, 2.75) is 13.1 Å². The van der Waals surface area contributed by atoms with Crippen molar-refractivity contribution in [3.63, 3.8) is 0 Å². The number of halogens is 1. The minimum atomic E-state index is -0.330. The van der Waals surface area contributed by atoms with Crippen LogP contribution in [-0.4, -0.2) is 27.1 Å². The van der Waals surface area contributed by atoms with E-state index in [1.54, 1.807) is 12.1 Å². The van der Waals surface area contributed by atoms with E-state index in [4.69, 9.17) is 4.42 Å². The molecule has 6 heteroatoms.